The lowest BCUT2D eigenvalue weighted by Gasteiger charge is -2.05. The molecule has 0 unspecified atom stereocenters. The molecule has 23 heavy (non-hydrogen) atoms. The van der Waals surface area contributed by atoms with E-state index in [1.54, 1.807) is 12.1 Å². The van der Waals surface area contributed by atoms with Crippen molar-refractivity contribution in [3.8, 4) is 11.5 Å². The van der Waals surface area contributed by atoms with Crippen molar-refractivity contribution in [1.82, 2.24) is 5.43 Å². The number of ether oxygens (including phenoxy) is 2. The molecule has 2 aliphatic heterocycles. The van der Waals surface area contributed by atoms with Crippen molar-refractivity contribution in [1.29, 1.82) is 0 Å². The predicted molar refractivity (Wildman–Crippen MR) is 87.4 cm³/mol. The lowest BCUT2D eigenvalue weighted by molar-refractivity contribution is -0.121. The third kappa shape index (κ3) is 4.03. The molecule has 1 fully saturated rings. The van der Waals surface area contributed by atoms with Gasteiger partial charge in [-0.1, -0.05) is 0 Å². The lowest BCUT2D eigenvalue weighted by Crippen LogP contribution is -2.21. The van der Waals surface area contributed by atoms with Crippen LogP contribution in [0, 0.1) is 5.92 Å². The molecule has 1 N–H and O–H groups in total. The average molecular weight is 403 g/mol. The SMILES string of the molecule is O=C(C[C@H]1CCS(=O)(=O)C1)N/N=C\c1cc2c(cc1Br)OCO2. The van der Waals surface area contributed by atoms with Crippen LogP contribution in [0.3, 0.4) is 0 Å². The second-order valence-corrected chi connectivity index (χ2v) is 8.58. The van der Waals surface area contributed by atoms with Crippen LogP contribution in [-0.2, 0) is 14.6 Å². The molecule has 124 valence electrons. The number of amides is 1. The second-order valence-electron chi connectivity index (χ2n) is 5.49. The van der Waals surface area contributed by atoms with E-state index in [1.165, 1.54) is 6.21 Å². The molecule has 1 atom stereocenters. The average Bonchev–Trinajstić information content (AvgIpc) is 3.04. The Bertz CT molecular complexity index is 763. The molecule has 0 radical (unpaired) electrons. The molecule has 3 rings (SSSR count). The van der Waals surface area contributed by atoms with Gasteiger partial charge in [-0.15, -0.1) is 0 Å². The van der Waals surface area contributed by atoms with Crippen molar-refractivity contribution in [2.24, 2.45) is 11.0 Å². The summed E-state index contributed by atoms with van der Waals surface area (Å²) in [7, 11) is -2.97. The number of hydrazone groups is 1. The molecule has 9 heteroatoms. The molecule has 0 saturated carbocycles. The normalized spacial score (nSPS) is 21.7. The molecule has 0 aliphatic carbocycles. The van der Waals surface area contributed by atoms with Crippen molar-refractivity contribution >= 4 is 37.9 Å². The first kappa shape index (κ1) is 16.3. The zero-order valence-corrected chi connectivity index (χ0v) is 14.5. The fraction of sp³-hybridized carbons (Fsp3) is 0.429. The summed E-state index contributed by atoms with van der Waals surface area (Å²) < 4.78 is 34.0. The zero-order valence-electron chi connectivity index (χ0n) is 12.1. The second kappa shape index (κ2) is 6.48. The summed E-state index contributed by atoms with van der Waals surface area (Å²) in [5.74, 6) is 1.11. The van der Waals surface area contributed by atoms with E-state index in [1.807, 2.05) is 0 Å². The summed E-state index contributed by atoms with van der Waals surface area (Å²) in [6, 6.07) is 3.53. The molecule has 1 aromatic rings. The van der Waals surface area contributed by atoms with E-state index in [0.29, 0.717) is 17.9 Å². The Morgan fingerprint density at radius 3 is 2.83 bits per heavy atom. The van der Waals surface area contributed by atoms with Gasteiger partial charge >= 0.3 is 0 Å². The number of carbonyl (C=O) groups is 1. The first-order chi connectivity index (χ1) is 10.9. The molecule has 1 amide bonds. The van der Waals surface area contributed by atoms with Crippen molar-refractivity contribution in [2.75, 3.05) is 18.3 Å². The highest BCUT2D eigenvalue weighted by atomic mass is 79.9. The van der Waals surface area contributed by atoms with Gasteiger partial charge < -0.3 is 9.47 Å². The lowest BCUT2D eigenvalue weighted by atomic mass is 10.1. The topological polar surface area (TPSA) is 94.1 Å². The minimum Gasteiger partial charge on any atom is -0.454 e. The van der Waals surface area contributed by atoms with Crippen LogP contribution in [0.15, 0.2) is 21.7 Å². The number of hydrogen-bond acceptors (Lipinski definition) is 6. The molecule has 0 aromatic heterocycles. The quantitative estimate of drug-likeness (QED) is 0.607. The van der Waals surface area contributed by atoms with Gasteiger partial charge in [0.15, 0.2) is 21.3 Å². The van der Waals surface area contributed by atoms with Gasteiger partial charge in [0.1, 0.15) is 0 Å². The van der Waals surface area contributed by atoms with Crippen LogP contribution in [0.4, 0.5) is 0 Å². The highest BCUT2D eigenvalue weighted by Crippen LogP contribution is 2.36. The fourth-order valence-corrected chi connectivity index (χ4v) is 4.83. The minimum atomic E-state index is -2.97. The summed E-state index contributed by atoms with van der Waals surface area (Å²) in [6.07, 6.45) is 2.20. The van der Waals surface area contributed by atoms with E-state index in [9.17, 15) is 13.2 Å². The van der Waals surface area contributed by atoms with E-state index >= 15 is 0 Å². The van der Waals surface area contributed by atoms with Crippen LogP contribution in [0.2, 0.25) is 0 Å². The highest BCUT2D eigenvalue weighted by molar-refractivity contribution is 9.10. The largest absolute Gasteiger partial charge is 0.454 e. The first-order valence-electron chi connectivity index (χ1n) is 7.04. The fourth-order valence-electron chi connectivity index (χ4n) is 2.55. The Kier molecular flexibility index (Phi) is 4.58. The number of nitrogens with one attached hydrogen (secondary N) is 1. The van der Waals surface area contributed by atoms with Gasteiger partial charge in [0.25, 0.3) is 0 Å². The molecule has 7 nitrogen and oxygen atoms in total. The predicted octanol–water partition coefficient (Wildman–Crippen LogP) is 1.45. The van der Waals surface area contributed by atoms with E-state index in [2.05, 4.69) is 26.5 Å². The summed E-state index contributed by atoms with van der Waals surface area (Å²) in [6.45, 7) is 0.184. The van der Waals surface area contributed by atoms with Gasteiger partial charge in [-0.05, 0) is 40.4 Å². The third-order valence-corrected chi connectivity index (χ3v) is 6.21. The van der Waals surface area contributed by atoms with Gasteiger partial charge in [0, 0.05) is 16.5 Å². The van der Waals surface area contributed by atoms with Crippen molar-refractivity contribution in [3.05, 3.63) is 22.2 Å². The molecule has 1 saturated heterocycles. The standard InChI is InChI=1S/C14H15BrN2O5S/c15-11-5-13-12(21-8-22-13)4-10(11)6-16-17-14(18)3-9-1-2-23(19,20)7-9/h4-6,9H,1-3,7-8H2,(H,17,18)/b16-6-/t9-/m1/s1. The Labute approximate surface area is 142 Å². The molecule has 0 bridgehead atoms. The van der Waals surface area contributed by atoms with E-state index in [-0.39, 0.29) is 36.5 Å². The Morgan fingerprint density at radius 2 is 2.13 bits per heavy atom. The Hall–Kier alpha value is -1.61. The van der Waals surface area contributed by atoms with Gasteiger partial charge in [-0.3, -0.25) is 4.79 Å². The monoisotopic (exact) mass is 402 g/mol. The van der Waals surface area contributed by atoms with E-state index in [0.717, 1.165) is 10.0 Å². The van der Waals surface area contributed by atoms with Gasteiger partial charge in [-0.25, -0.2) is 13.8 Å². The summed E-state index contributed by atoms with van der Waals surface area (Å²) in [4.78, 5) is 11.8. The maximum Gasteiger partial charge on any atom is 0.240 e. The van der Waals surface area contributed by atoms with Crippen molar-refractivity contribution < 1.29 is 22.7 Å². The van der Waals surface area contributed by atoms with Crippen LogP contribution in [-0.4, -0.2) is 38.8 Å². The van der Waals surface area contributed by atoms with Crippen molar-refractivity contribution in [2.45, 2.75) is 12.8 Å². The van der Waals surface area contributed by atoms with Crippen LogP contribution in [0.5, 0.6) is 11.5 Å². The molecule has 1 aromatic carbocycles. The number of carbonyl (C=O) groups excluding carboxylic acids is 1. The first-order valence-corrected chi connectivity index (χ1v) is 9.66. The summed E-state index contributed by atoms with van der Waals surface area (Å²) >= 11 is 3.39. The van der Waals surface area contributed by atoms with Crippen LogP contribution < -0.4 is 14.9 Å². The summed E-state index contributed by atoms with van der Waals surface area (Å²) in [5, 5.41) is 3.91. The minimum absolute atomic E-state index is 0.0812. The number of sulfone groups is 1. The number of hydrogen-bond donors (Lipinski definition) is 1. The number of nitrogens with zero attached hydrogens (tertiary/aromatic N) is 1. The van der Waals surface area contributed by atoms with Gasteiger partial charge in [-0.2, -0.15) is 5.10 Å². The van der Waals surface area contributed by atoms with E-state index < -0.39 is 9.84 Å². The third-order valence-electron chi connectivity index (χ3n) is 3.69. The zero-order chi connectivity index (χ0) is 16.4. The van der Waals surface area contributed by atoms with E-state index in [4.69, 9.17) is 9.47 Å². The molecule has 2 aliphatic rings. The van der Waals surface area contributed by atoms with Gasteiger partial charge in [0.2, 0.25) is 12.7 Å². The number of halogens is 1. The summed E-state index contributed by atoms with van der Waals surface area (Å²) in [5.41, 5.74) is 3.16. The molecular formula is C14H15BrN2O5S. The number of benzene rings is 1. The molecule has 0 spiro atoms. The smallest absolute Gasteiger partial charge is 0.240 e. The molecular weight excluding hydrogens is 388 g/mol. The van der Waals surface area contributed by atoms with Crippen LogP contribution >= 0.6 is 15.9 Å². The Balaban J connectivity index is 1.56. The number of rotatable bonds is 4. The highest BCUT2D eigenvalue weighted by Gasteiger charge is 2.29. The maximum atomic E-state index is 11.8. The van der Waals surface area contributed by atoms with Crippen LogP contribution in [0.25, 0.3) is 0 Å². The Morgan fingerprint density at radius 1 is 1.39 bits per heavy atom. The van der Waals surface area contributed by atoms with Gasteiger partial charge in [0.05, 0.1) is 17.7 Å². The van der Waals surface area contributed by atoms with Crippen LogP contribution in [0.1, 0.15) is 18.4 Å². The number of fused-ring (bicyclic) bond motifs is 1. The molecule has 2 heterocycles. The van der Waals surface area contributed by atoms with Crippen molar-refractivity contribution in [3.63, 3.8) is 0 Å². The maximum absolute atomic E-state index is 11.8.